The Morgan fingerprint density at radius 1 is 1.54 bits per heavy atom. The van der Waals surface area contributed by atoms with Gasteiger partial charge in [0.05, 0.1) is 5.60 Å². The Morgan fingerprint density at radius 3 is 2.77 bits per heavy atom. The second-order valence-electron chi connectivity index (χ2n) is 4.67. The maximum atomic E-state index is 6.33. The minimum Gasteiger partial charge on any atom is -0.376 e. The molecule has 2 atom stereocenters. The summed E-state index contributed by atoms with van der Waals surface area (Å²) in [5.74, 6) is 0.658. The highest BCUT2D eigenvalue weighted by atomic mass is 35.5. The average Bonchev–Trinajstić information content (AvgIpc) is 2.03. The second kappa shape index (κ2) is 4.65. The van der Waals surface area contributed by atoms with Crippen LogP contribution in [0.15, 0.2) is 0 Å². The first kappa shape index (κ1) is 11.3. The maximum Gasteiger partial charge on any atom is 0.0629 e. The van der Waals surface area contributed by atoms with Crippen molar-refractivity contribution < 1.29 is 4.74 Å². The molecule has 13 heavy (non-hydrogen) atoms. The first-order valence-corrected chi connectivity index (χ1v) is 5.77. The van der Waals surface area contributed by atoms with Gasteiger partial charge in [-0.2, -0.15) is 0 Å². The summed E-state index contributed by atoms with van der Waals surface area (Å²) in [6.45, 7) is 7.40. The Kier molecular flexibility index (Phi) is 4.06. The summed E-state index contributed by atoms with van der Waals surface area (Å²) >= 11 is 6.33. The van der Waals surface area contributed by atoms with Crippen LogP contribution in [0.1, 0.15) is 46.5 Å². The number of rotatable bonds is 3. The van der Waals surface area contributed by atoms with Crippen molar-refractivity contribution in [3.63, 3.8) is 0 Å². The molecule has 0 N–H and O–H groups in total. The molecule has 1 fully saturated rings. The Balaban J connectivity index is 2.42. The number of alkyl halides is 1. The zero-order valence-electron chi connectivity index (χ0n) is 8.98. The molecule has 1 saturated heterocycles. The van der Waals surface area contributed by atoms with Gasteiger partial charge in [0.15, 0.2) is 0 Å². The third-order valence-electron chi connectivity index (χ3n) is 2.81. The fourth-order valence-corrected chi connectivity index (χ4v) is 2.53. The molecule has 78 valence electrons. The van der Waals surface area contributed by atoms with Gasteiger partial charge >= 0.3 is 0 Å². The molecule has 0 aliphatic carbocycles. The van der Waals surface area contributed by atoms with E-state index >= 15 is 0 Å². The van der Waals surface area contributed by atoms with E-state index in [4.69, 9.17) is 16.3 Å². The third kappa shape index (κ3) is 3.47. The molecular formula is C11H21ClO. The Hall–Kier alpha value is 0.250. The highest BCUT2D eigenvalue weighted by molar-refractivity contribution is 6.20. The van der Waals surface area contributed by atoms with Crippen molar-refractivity contribution in [1.82, 2.24) is 0 Å². The molecule has 0 aromatic carbocycles. The molecule has 0 bridgehead atoms. The van der Waals surface area contributed by atoms with E-state index in [9.17, 15) is 0 Å². The molecule has 1 aliphatic rings. The average molecular weight is 205 g/mol. The molecular weight excluding hydrogens is 184 g/mol. The summed E-state index contributed by atoms with van der Waals surface area (Å²) in [5, 5.41) is 0.355. The lowest BCUT2D eigenvalue weighted by Crippen LogP contribution is -2.37. The number of hydrogen-bond acceptors (Lipinski definition) is 1. The molecule has 0 amide bonds. The minimum absolute atomic E-state index is 0.0454. The Bertz CT molecular complexity index is 156. The third-order valence-corrected chi connectivity index (χ3v) is 3.39. The van der Waals surface area contributed by atoms with Crippen LogP contribution in [-0.4, -0.2) is 17.6 Å². The normalized spacial score (nSPS) is 30.0. The van der Waals surface area contributed by atoms with E-state index in [0.717, 1.165) is 25.9 Å². The fourth-order valence-electron chi connectivity index (χ4n) is 2.10. The fraction of sp³-hybridized carbons (Fsp3) is 1.00. The summed E-state index contributed by atoms with van der Waals surface area (Å²) in [6.07, 6.45) is 4.58. The summed E-state index contributed by atoms with van der Waals surface area (Å²) in [4.78, 5) is 0. The number of ether oxygens (including phenoxy) is 1. The smallest absolute Gasteiger partial charge is 0.0629 e. The SMILES string of the molecule is CCCC(Cl)C1CCOC(C)(C)C1. The van der Waals surface area contributed by atoms with Crippen molar-refractivity contribution in [2.24, 2.45) is 5.92 Å². The van der Waals surface area contributed by atoms with E-state index in [1.807, 2.05) is 0 Å². The molecule has 2 heteroatoms. The highest BCUT2D eigenvalue weighted by Gasteiger charge is 2.32. The van der Waals surface area contributed by atoms with Crippen LogP contribution in [0.25, 0.3) is 0 Å². The minimum atomic E-state index is 0.0454. The zero-order valence-corrected chi connectivity index (χ0v) is 9.73. The van der Waals surface area contributed by atoms with Gasteiger partial charge in [-0.05, 0) is 39.0 Å². The Labute approximate surface area is 86.8 Å². The number of hydrogen-bond donors (Lipinski definition) is 0. The Morgan fingerprint density at radius 2 is 2.23 bits per heavy atom. The van der Waals surface area contributed by atoms with E-state index in [0.29, 0.717) is 11.3 Å². The summed E-state index contributed by atoms with van der Waals surface area (Å²) in [7, 11) is 0. The number of halogens is 1. The largest absolute Gasteiger partial charge is 0.376 e. The molecule has 2 unspecified atom stereocenters. The van der Waals surface area contributed by atoms with E-state index < -0.39 is 0 Å². The van der Waals surface area contributed by atoms with Gasteiger partial charge in [-0.25, -0.2) is 0 Å². The summed E-state index contributed by atoms with van der Waals surface area (Å²) in [5.41, 5.74) is 0.0454. The van der Waals surface area contributed by atoms with Crippen molar-refractivity contribution in [2.45, 2.75) is 57.4 Å². The topological polar surface area (TPSA) is 9.23 Å². The van der Waals surface area contributed by atoms with Crippen molar-refractivity contribution in [1.29, 1.82) is 0 Å². The van der Waals surface area contributed by atoms with Gasteiger partial charge in [-0.15, -0.1) is 11.6 Å². The lowest BCUT2D eigenvalue weighted by molar-refractivity contribution is -0.0730. The summed E-state index contributed by atoms with van der Waals surface area (Å²) < 4.78 is 5.67. The van der Waals surface area contributed by atoms with Crippen LogP contribution in [0.5, 0.6) is 0 Å². The predicted molar refractivity (Wildman–Crippen MR) is 57.3 cm³/mol. The first-order chi connectivity index (χ1) is 6.05. The summed E-state index contributed by atoms with van der Waals surface area (Å²) in [6, 6.07) is 0. The van der Waals surface area contributed by atoms with Gasteiger partial charge in [-0.3, -0.25) is 0 Å². The van der Waals surface area contributed by atoms with Crippen molar-refractivity contribution in [3.8, 4) is 0 Å². The molecule has 1 aliphatic heterocycles. The van der Waals surface area contributed by atoms with E-state index in [-0.39, 0.29) is 5.60 Å². The molecule has 0 saturated carbocycles. The van der Waals surface area contributed by atoms with Gasteiger partial charge < -0.3 is 4.74 Å². The molecule has 1 rings (SSSR count). The molecule has 1 nitrogen and oxygen atoms in total. The quantitative estimate of drug-likeness (QED) is 0.639. The van der Waals surface area contributed by atoms with Crippen molar-refractivity contribution >= 4 is 11.6 Å². The molecule has 0 spiro atoms. The van der Waals surface area contributed by atoms with Crippen molar-refractivity contribution in [3.05, 3.63) is 0 Å². The van der Waals surface area contributed by atoms with Crippen molar-refractivity contribution in [2.75, 3.05) is 6.61 Å². The van der Waals surface area contributed by atoms with Gasteiger partial charge in [0.2, 0.25) is 0 Å². The monoisotopic (exact) mass is 204 g/mol. The highest BCUT2D eigenvalue weighted by Crippen LogP contribution is 2.34. The van der Waals surface area contributed by atoms with E-state index in [2.05, 4.69) is 20.8 Å². The van der Waals surface area contributed by atoms with E-state index in [1.165, 1.54) is 6.42 Å². The van der Waals surface area contributed by atoms with Crippen LogP contribution in [0, 0.1) is 5.92 Å². The standard InChI is InChI=1S/C11H21ClO/c1-4-5-10(12)9-6-7-13-11(2,3)8-9/h9-10H,4-8H2,1-3H3. The van der Waals surface area contributed by atoms with Crippen LogP contribution in [0.3, 0.4) is 0 Å². The van der Waals surface area contributed by atoms with Crippen LogP contribution < -0.4 is 0 Å². The van der Waals surface area contributed by atoms with E-state index in [1.54, 1.807) is 0 Å². The second-order valence-corrected chi connectivity index (χ2v) is 5.23. The lowest BCUT2D eigenvalue weighted by Gasteiger charge is -2.37. The predicted octanol–water partition coefficient (Wildman–Crippen LogP) is 3.60. The molecule has 0 aromatic rings. The van der Waals surface area contributed by atoms with Crippen LogP contribution in [0.2, 0.25) is 0 Å². The van der Waals surface area contributed by atoms with Gasteiger partial charge in [0, 0.05) is 12.0 Å². The van der Waals surface area contributed by atoms with Gasteiger partial charge in [0.25, 0.3) is 0 Å². The lowest BCUT2D eigenvalue weighted by atomic mass is 9.85. The van der Waals surface area contributed by atoms with Crippen LogP contribution >= 0.6 is 11.6 Å². The van der Waals surface area contributed by atoms with Crippen LogP contribution in [-0.2, 0) is 4.74 Å². The molecule has 0 aromatic heterocycles. The van der Waals surface area contributed by atoms with Gasteiger partial charge in [0.1, 0.15) is 0 Å². The van der Waals surface area contributed by atoms with Gasteiger partial charge in [-0.1, -0.05) is 13.3 Å². The van der Waals surface area contributed by atoms with Crippen LogP contribution in [0.4, 0.5) is 0 Å². The molecule has 1 heterocycles. The maximum absolute atomic E-state index is 6.33. The molecule has 0 radical (unpaired) electrons. The first-order valence-electron chi connectivity index (χ1n) is 5.33. The zero-order chi connectivity index (χ0) is 9.90.